The van der Waals surface area contributed by atoms with E-state index >= 15 is 0 Å². The zero-order chi connectivity index (χ0) is 35.4. The van der Waals surface area contributed by atoms with Crippen molar-refractivity contribution in [1.29, 1.82) is 15.8 Å². The highest BCUT2D eigenvalue weighted by molar-refractivity contribution is 6.10. The molecule has 4 unspecified atom stereocenters. The molecule has 1 aromatic heterocycles. The maximum atomic E-state index is 10.6. The molecule has 5 heteroatoms. The molecule has 0 N–H and O–H groups in total. The van der Waals surface area contributed by atoms with Gasteiger partial charge in [0.15, 0.2) is 0 Å². The molecule has 4 aliphatic rings. The molecule has 0 saturated heterocycles. The molecule has 5 aromatic rings. The Morgan fingerprint density at radius 3 is 2.38 bits per heavy atom. The van der Waals surface area contributed by atoms with Crippen LogP contribution in [0.15, 0.2) is 156 Å². The molecule has 248 valence electrons. The van der Waals surface area contributed by atoms with E-state index in [1.807, 2.05) is 24.3 Å². The number of allylic oxidation sites excluding steroid dienone is 9. The van der Waals surface area contributed by atoms with Gasteiger partial charge in [0.2, 0.25) is 0 Å². The van der Waals surface area contributed by atoms with Crippen LogP contribution >= 0.6 is 0 Å². The summed E-state index contributed by atoms with van der Waals surface area (Å²) in [7, 11) is 0. The highest BCUT2D eigenvalue weighted by Gasteiger charge is 2.42. The Kier molecular flexibility index (Phi) is 7.43. The minimum Gasteiger partial charge on any atom is -0.357 e. The number of hydrogen-bond donors (Lipinski definition) is 0. The monoisotopic (exact) mass is 669 g/mol. The van der Waals surface area contributed by atoms with Crippen molar-refractivity contribution < 1.29 is 0 Å². The Hall–Kier alpha value is -6.61. The van der Waals surface area contributed by atoms with E-state index in [1.165, 1.54) is 11.3 Å². The van der Waals surface area contributed by atoms with Crippen LogP contribution in [-0.2, 0) is 0 Å². The van der Waals surface area contributed by atoms with E-state index in [-0.39, 0.29) is 18.0 Å². The van der Waals surface area contributed by atoms with E-state index < -0.39 is 5.41 Å². The first kappa shape index (κ1) is 31.4. The normalized spacial score (nSPS) is 23.3. The molecule has 5 nitrogen and oxygen atoms in total. The Morgan fingerprint density at radius 1 is 0.750 bits per heavy atom. The van der Waals surface area contributed by atoms with Gasteiger partial charge >= 0.3 is 0 Å². The van der Waals surface area contributed by atoms with E-state index in [4.69, 9.17) is 0 Å². The molecular formula is C47H35N5. The average Bonchev–Trinajstić information content (AvgIpc) is 3.60. The van der Waals surface area contributed by atoms with E-state index in [9.17, 15) is 15.8 Å². The summed E-state index contributed by atoms with van der Waals surface area (Å²) in [4.78, 5) is 2.54. The third kappa shape index (κ3) is 4.80. The van der Waals surface area contributed by atoms with Crippen molar-refractivity contribution in [3.8, 4) is 23.9 Å². The van der Waals surface area contributed by atoms with Crippen LogP contribution in [0.5, 0.6) is 0 Å². The Labute approximate surface area is 303 Å². The van der Waals surface area contributed by atoms with E-state index in [0.717, 1.165) is 68.2 Å². The lowest BCUT2D eigenvalue weighted by Gasteiger charge is -2.40. The first-order valence-electron chi connectivity index (χ1n) is 17.9. The molecule has 0 fully saturated rings. The molecule has 0 saturated carbocycles. The molecule has 2 heterocycles. The molecule has 4 atom stereocenters. The minimum atomic E-state index is -0.552. The number of benzene rings is 4. The molecule has 0 amide bonds. The van der Waals surface area contributed by atoms with Crippen LogP contribution in [0.1, 0.15) is 48.8 Å². The van der Waals surface area contributed by atoms with Crippen LogP contribution in [0.4, 0.5) is 5.69 Å². The summed E-state index contributed by atoms with van der Waals surface area (Å²) < 4.78 is 2.28. The van der Waals surface area contributed by atoms with Crippen molar-refractivity contribution in [3.63, 3.8) is 0 Å². The average molecular weight is 670 g/mol. The van der Waals surface area contributed by atoms with Gasteiger partial charge in [-0.25, -0.2) is 0 Å². The van der Waals surface area contributed by atoms with Crippen molar-refractivity contribution in [3.05, 3.63) is 173 Å². The summed E-state index contributed by atoms with van der Waals surface area (Å²) in [6.45, 7) is 2.21. The van der Waals surface area contributed by atoms with Crippen LogP contribution in [0.25, 0.3) is 33.1 Å². The fourth-order valence-electron chi connectivity index (χ4n) is 9.05. The van der Waals surface area contributed by atoms with Gasteiger partial charge in [-0.05, 0) is 78.5 Å². The number of aromatic nitrogens is 1. The third-order valence-electron chi connectivity index (χ3n) is 11.6. The molecule has 0 radical (unpaired) electrons. The third-order valence-corrected chi connectivity index (χ3v) is 11.6. The summed E-state index contributed by atoms with van der Waals surface area (Å²) in [5.74, 6) is 0.275. The topological polar surface area (TPSA) is 79.5 Å². The number of anilines is 1. The molecule has 4 aromatic carbocycles. The second-order valence-electron chi connectivity index (χ2n) is 14.4. The summed E-state index contributed by atoms with van der Waals surface area (Å²) >= 11 is 0. The molecule has 0 bridgehead atoms. The standard InChI is InChI=1S/C47H35N5/c1-47(34-9-8-10-36(26-34)51-43-15-6-3-12-38(43)40-22-17-31(28-48)19-24-45(40)51)27-33(20-21-35(47)30-50)37-11-2-5-14-42(37)52-44-16-7-4-13-39(44)41-23-18-32(29-49)25-46(41)52/h2-9,11-21,23-26,36,40,45H,10,22,27H2,1H3. The molecular weight excluding hydrogens is 635 g/mol. The molecule has 1 aliphatic heterocycles. The van der Waals surface area contributed by atoms with Gasteiger partial charge in [0.1, 0.15) is 0 Å². The fraction of sp³-hybridized carbons (Fsp3) is 0.170. The maximum absolute atomic E-state index is 10.6. The quantitative estimate of drug-likeness (QED) is 0.191. The molecule has 52 heavy (non-hydrogen) atoms. The van der Waals surface area contributed by atoms with Crippen LogP contribution in [0.2, 0.25) is 0 Å². The van der Waals surface area contributed by atoms with Crippen molar-refractivity contribution in [2.75, 3.05) is 4.90 Å². The predicted molar refractivity (Wildman–Crippen MR) is 208 cm³/mol. The number of fused-ring (bicyclic) bond motifs is 6. The number of para-hydroxylation sites is 3. The summed E-state index contributed by atoms with van der Waals surface area (Å²) in [5.41, 5.74) is 10.6. The summed E-state index contributed by atoms with van der Waals surface area (Å²) in [6.07, 6.45) is 19.6. The first-order valence-corrected chi connectivity index (χ1v) is 17.9. The first-order chi connectivity index (χ1) is 25.5. The largest absolute Gasteiger partial charge is 0.357 e. The fourth-order valence-corrected chi connectivity index (χ4v) is 9.05. The lowest BCUT2D eigenvalue weighted by molar-refractivity contribution is 0.500. The zero-order valence-corrected chi connectivity index (χ0v) is 28.9. The SMILES string of the molecule is CC1(C2=CC(N3c4ccccc4C4CC=C(C#N)C=CC43)CC=C2)CC(c2ccccc2-n2c3ccccc3c3ccc(C#N)cc32)=CC=C1C#N. The highest BCUT2D eigenvalue weighted by Crippen LogP contribution is 2.51. The van der Waals surface area contributed by atoms with Crippen molar-refractivity contribution in [2.24, 2.45) is 5.41 Å². The Bertz CT molecular complexity index is 2640. The maximum Gasteiger partial charge on any atom is 0.0992 e. The van der Waals surface area contributed by atoms with E-state index in [2.05, 4.69) is 150 Å². The summed E-state index contributed by atoms with van der Waals surface area (Å²) in [5, 5.41) is 32.3. The molecule has 9 rings (SSSR count). The lowest BCUT2D eigenvalue weighted by Crippen LogP contribution is -2.41. The van der Waals surface area contributed by atoms with Gasteiger partial charge in [-0.15, -0.1) is 0 Å². The summed E-state index contributed by atoms with van der Waals surface area (Å²) in [6, 6.07) is 39.0. The van der Waals surface area contributed by atoms with Gasteiger partial charge < -0.3 is 9.47 Å². The van der Waals surface area contributed by atoms with Crippen molar-refractivity contribution in [2.45, 2.75) is 44.2 Å². The van der Waals surface area contributed by atoms with E-state index in [1.54, 1.807) is 0 Å². The number of nitriles is 3. The Morgan fingerprint density at radius 2 is 1.54 bits per heavy atom. The minimum absolute atomic E-state index is 0.0924. The number of hydrogen-bond acceptors (Lipinski definition) is 4. The van der Waals surface area contributed by atoms with Crippen LogP contribution in [0.3, 0.4) is 0 Å². The van der Waals surface area contributed by atoms with Crippen molar-refractivity contribution >= 4 is 33.1 Å². The second-order valence-corrected chi connectivity index (χ2v) is 14.4. The van der Waals surface area contributed by atoms with Crippen LogP contribution in [0, 0.1) is 39.4 Å². The van der Waals surface area contributed by atoms with Gasteiger partial charge in [-0.3, -0.25) is 0 Å². The van der Waals surface area contributed by atoms with Gasteiger partial charge in [-0.1, -0.05) is 104 Å². The highest BCUT2D eigenvalue weighted by atomic mass is 15.2. The number of rotatable bonds is 4. The number of nitrogens with zero attached hydrogens (tertiary/aromatic N) is 5. The molecule has 3 aliphatic carbocycles. The Balaban J connectivity index is 1.13. The van der Waals surface area contributed by atoms with Gasteiger partial charge in [0.25, 0.3) is 0 Å². The van der Waals surface area contributed by atoms with Crippen LogP contribution < -0.4 is 4.90 Å². The van der Waals surface area contributed by atoms with Crippen LogP contribution in [-0.4, -0.2) is 16.7 Å². The van der Waals surface area contributed by atoms with Gasteiger partial charge in [-0.2, -0.15) is 15.8 Å². The molecule has 0 spiro atoms. The van der Waals surface area contributed by atoms with Crippen molar-refractivity contribution in [1.82, 2.24) is 4.57 Å². The van der Waals surface area contributed by atoms with E-state index in [0.29, 0.717) is 12.0 Å². The second kappa shape index (κ2) is 12.3. The lowest BCUT2D eigenvalue weighted by atomic mass is 9.66. The smallest absolute Gasteiger partial charge is 0.0992 e. The van der Waals surface area contributed by atoms with Gasteiger partial charge in [0, 0.05) is 44.5 Å². The van der Waals surface area contributed by atoms with Gasteiger partial charge in [0.05, 0.1) is 52.6 Å². The predicted octanol–water partition coefficient (Wildman–Crippen LogP) is 10.5. The zero-order valence-electron chi connectivity index (χ0n) is 28.9.